The van der Waals surface area contributed by atoms with Gasteiger partial charge in [-0.15, -0.1) is 0 Å². The molecule has 1 saturated heterocycles. The number of piperidine rings is 1. The van der Waals surface area contributed by atoms with Crippen LogP contribution in [0.5, 0.6) is 0 Å². The number of aryl methyl sites for hydroxylation is 1. The van der Waals surface area contributed by atoms with Crippen molar-refractivity contribution in [3.8, 4) is 0 Å². The maximum atomic E-state index is 13.3. The van der Waals surface area contributed by atoms with Crippen LogP contribution < -0.4 is 0 Å². The van der Waals surface area contributed by atoms with Crippen molar-refractivity contribution >= 4 is 15.9 Å². The lowest BCUT2D eigenvalue weighted by atomic mass is 10.1. The van der Waals surface area contributed by atoms with Crippen LogP contribution in [0.2, 0.25) is 0 Å². The highest BCUT2D eigenvalue weighted by Gasteiger charge is 2.35. The Bertz CT molecular complexity index is 943. The number of hydrogen-bond acceptors (Lipinski definition) is 4. The van der Waals surface area contributed by atoms with Crippen LogP contribution in [-0.4, -0.2) is 42.7 Å². The van der Waals surface area contributed by atoms with E-state index in [-0.39, 0.29) is 16.8 Å². The second-order valence-electron chi connectivity index (χ2n) is 7.69. The summed E-state index contributed by atoms with van der Waals surface area (Å²) in [7, 11) is -3.57. The van der Waals surface area contributed by atoms with E-state index in [0.717, 1.165) is 43.4 Å². The van der Waals surface area contributed by atoms with Crippen molar-refractivity contribution in [1.82, 2.24) is 9.21 Å². The third-order valence-electron chi connectivity index (χ3n) is 5.55. The maximum absolute atomic E-state index is 13.3. The zero-order valence-corrected chi connectivity index (χ0v) is 17.0. The minimum absolute atomic E-state index is 0.132. The number of carbonyl (C=O) groups excluding carboxylic acids is 1. The van der Waals surface area contributed by atoms with Gasteiger partial charge in [0.15, 0.2) is 0 Å². The van der Waals surface area contributed by atoms with Gasteiger partial charge in [0.25, 0.3) is 5.91 Å². The molecular weight excluding hydrogens is 376 g/mol. The molecule has 150 valence electrons. The molecule has 0 bridgehead atoms. The molecule has 2 aliphatic rings. The van der Waals surface area contributed by atoms with Gasteiger partial charge >= 0.3 is 0 Å². The van der Waals surface area contributed by atoms with Crippen molar-refractivity contribution in [2.45, 2.75) is 56.5 Å². The number of benzene rings is 1. The molecule has 1 aliphatic heterocycles. The average molecular weight is 403 g/mol. The predicted octanol–water partition coefficient (Wildman–Crippen LogP) is 3.57. The molecule has 28 heavy (non-hydrogen) atoms. The van der Waals surface area contributed by atoms with E-state index in [1.54, 1.807) is 29.4 Å². The highest BCUT2D eigenvalue weighted by Crippen LogP contribution is 2.31. The van der Waals surface area contributed by atoms with Crippen molar-refractivity contribution in [1.29, 1.82) is 0 Å². The summed E-state index contributed by atoms with van der Waals surface area (Å²) in [5, 5.41) is 0. The molecule has 2 fully saturated rings. The van der Waals surface area contributed by atoms with E-state index >= 15 is 0 Å². The number of rotatable bonds is 6. The molecule has 0 spiro atoms. The second-order valence-corrected chi connectivity index (χ2v) is 9.62. The van der Waals surface area contributed by atoms with E-state index in [1.807, 2.05) is 19.1 Å². The van der Waals surface area contributed by atoms with E-state index in [2.05, 4.69) is 0 Å². The third kappa shape index (κ3) is 3.86. The summed E-state index contributed by atoms with van der Waals surface area (Å²) in [6, 6.07) is 8.76. The molecule has 0 atom stereocenters. The molecule has 7 heteroatoms. The third-order valence-corrected chi connectivity index (χ3v) is 7.44. The van der Waals surface area contributed by atoms with Crippen LogP contribution in [0.3, 0.4) is 0 Å². The van der Waals surface area contributed by atoms with E-state index in [9.17, 15) is 13.2 Å². The Hall–Kier alpha value is -2.12. The van der Waals surface area contributed by atoms with Gasteiger partial charge in [-0.3, -0.25) is 4.79 Å². The van der Waals surface area contributed by atoms with Crippen LogP contribution in [-0.2, 0) is 16.6 Å². The topological polar surface area (TPSA) is 70.8 Å². The maximum Gasteiger partial charge on any atom is 0.254 e. The quantitative estimate of drug-likeness (QED) is 0.741. The Morgan fingerprint density at radius 1 is 1.18 bits per heavy atom. The standard InChI is InChI=1S/C21H26N2O4S/c1-16-7-10-19(28(25,26)22-11-3-2-4-12-22)14-20(16)21(24)23(17-8-9-17)15-18-6-5-13-27-18/h5-7,10,13-14,17H,2-4,8-9,11-12,15H2,1H3. The van der Waals surface area contributed by atoms with Gasteiger partial charge in [-0.25, -0.2) is 8.42 Å². The van der Waals surface area contributed by atoms with Gasteiger partial charge in [-0.05, 0) is 62.4 Å². The minimum atomic E-state index is -3.57. The molecule has 2 aromatic rings. The highest BCUT2D eigenvalue weighted by atomic mass is 32.2. The van der Waals surface area contributed by atoms with E-state index < -0.39 is 10.0 Å². The van der Waals surface area contributed by atoms with Gasteiger partial charge in [0.1, 0.15) is 5.76 Å². The summed E-state index contributed by atoms with van der Waals surface area (Å²) in [6.07, 6.45) is 6.37. The zero-order valence-electron chi connectivity index (χ0n) is 16.1. The fraction of sp³-hybridized carbons (Fsp3) is 0.476. The molecule has 2 heterocycles. The Labute approximate surface area is 166 Å². The molecule has 1 amide bonds. The summed E-state index contributed by atoms with van der Waals surface area (Å²) in [4.78, 5) is 15.3. The Morgan fingerprint density at radius 3 is 2.57 bits per heavy atom. The zero-order chi connectivity index (χ0) is 19.7. The van der Waals surface area contributed by atoms with E-state index in [1.165, 1.54) is 4.31 Å². The summed E-state index contributed by atoms with van der Waals surface area (Å²) in [5.74, 6) is 0.599. The van der Waals surface area contributed by atoms with E-state index in [4.69, 9.17) is 4.42 Å². The molecule has 1 saturated carbocycles. The molecule has 0 N–H and O–H groups in total. The lowest BCUT2D eigenvalue weighted by Crippen LogP contribution is -2.36. The van der Waals surface area contributed by atoms with Gasteiger partial charge < -0.3 is 9.32 Å². The number of carbonyl (C=O) groups is 1. The van der Waals surface area contributed by atoms with Crippen LogP contribution in [0.1, 0.15) is 53.8 Å². The van der Waals surface area contributed by atoms with Gasteiger partial charge in [0, 0.05) is 24.7 Å². The van der Waals surface area contributed by atoms with E-state index in [0.29, 0.717) is 25.2 Å². The van der Waals surface area contributed by atoms with Gasteiger partial charge in [-0.2, -0.15) is 4.31 Å². The number of hydrogen-bond donors (Lipinski definition) is 0. The fourth-order valence-corrected chi connectivity index (χ4v) is 5.27. The molecule has 1 aliphatic carbocycles. The normalized spacial score (nSPS) is 18.2. The molecular formula is C21H26N2O4S. The summed E-state index contributed by atoms with van der Waals surface area (Å²) in [6.45, 7) is 3.35. The van der Waals surface area contributed by atoms with Gasteiger partial charge in [0.2, 0.25) is 10.0 Å². The lowest BCUT2D eigenvalue weighted by Gasteiger charge is -2.26. The van der Waals surface area contributed by atoms with Crippen LogP contribution in [0, 0.1) is 6.92 Å². The van der Waals surface area contributed by atoms with Crippen LogP contribution in [0.4, 0.5) is 0 Å². The first kappa shape index (κ1) is 19.2. The number of sulfonamides is 1. The van der Waals surface area contributed by atoms with Crippen LogP contribution in [0.25, 0.3) is 0 Å². The van der Waals surface area contributed by atoms with Crippen molar-refractivity contribution in [3.05, 3.63) is 53.5 Å². The average Bonchev–Trinajstić information content (AvgIpc) is 3.42. The molecule has 0 unspecified atom stereocenters. The Balaban J connectivity index is 1.63. The summed E-state index contributed by atoms with van der Waals surface area (Å²) < 4.78 is 33.0. The first-order valence-electron chi connectivity index (χ1n) is 9.91. The van der Waals surface area contributed by atoms with Gasteiger partial charge in [0.05, 0.1) is 17.7 Å². The summed E-state index contributed by atoms with van der Waals surface area (Å²) in [5.41, 5.74) is 1.24. The van der Waals surface area contributed by atoms with Crippen LogP contribution >= 0.6 is 0 Å². The first-order valence-corrected chi connectivity index (χ1v) is 11.3. The smallest absolute Gasteiger partial charge is 0.254 e. The lowest BCUT2D eigenvalue weighted by molar-refractivity contribution is 0.0716. The summed E-state index contributed by atoms with van der Waals surface area (Å²) >= 11 is 0. The van der Waals surface area contributed by atoms with Crippen LogP contribution in [0.15, 0.2) is 45.9 Å². The molecule has 6 nitrogen and oxygen atoms in total. The largest absolute Gasteiger partial charge is 0.467 e. The van der Waals surface area contributed by atoms with Crippen molar-refractivity contribution in [2.75, 3.05) is 13.1 Å². The number of furan rings is 1. The SMILES string of the molecule is Cc1ccc(S(=O)(=O)N2CCCCC2)cc1C(=O)N(Cc1ccco1)C1CC1. The molecule has 4 rings (SSSR count). The minimum Gasteiger partial charge on any atom is -0.467 e. The Kier molecular flexibility index (Phi) is 5.29. The van der Waals surface area contributed by atoms with Crippen molar-refractivity contribution < 1.29 is 17.6 Å². The number of amides is 1. The van der Waals surface area contributed by atoms with Crippen molar-refractivity contribution in [3.63, 3.8) is 0 Å². The monoisotopic (exact) mass is 402 g/mol. The predicted molar refractivity (Wildman–Crippen MR) is 105 cm³/mol. The number of nitrogens with zero attached hydrogens (tertiary/aromatic N) is 2. The second kappa shape index (κ2) is 7.72. The molecule has 1 aromatic carbocycles. The van der Waals surface area contributed by atoms with Crippen molar-refractivity contribution in [2.24, 2.45) is 0 Å². The Morgan fingerprint density at radius 2 is 1.93 bits per heavy atom. The molecule has 0 radical (unpaired) electrons. The molecule has 1 aromatic heterocycles. The highest BCUT2D eigenvalue weighted by molar-refractivity contribution is 7.89. The van der Waals surface area contributed by atoms with Gasteiger partial charge in [-0.1, -0.05) is 12.5 Å². The fourth-order valence-electron chi connectivity index (χ4n) is 3.72. The first-order chi connectivity index (χ1) is 13.5.